The van der Waals surface area contributed by atoms with E-state index in [0.29, 0.717) is 12.4 Å². The Kier molecular flexibility index (Phi) is 3.67. The van der Waals surface area contributed by atoms with Crippen molar-refractivity contribution < 1.29 is 4.79 Å². The summed E-state index contributed by atoms with van der Waals surface area (Å²) in [6, 6.07) is 19.7. The zero-order chi connectivity index (χ0) is 15.6. The first-order chi connectivity index (χ1) is 10.6. The molecule has 22 heavy (non-hydrogen) atoms. The van der Waals surface area contributed by atoms with Crippen LogP contribution in [0.25, 0.3) is 0 Å². The lowest BCUT2D eigenvalue weighted by atomic mass is 9.92. The van der Waals surface area contributed by atoms with Crippen molar-refractivity contribution in [2.45, 2.75) is 18.9 Å². The van der Waals surface area contributed by atoms with Gasteiger partial charge < -0.3 is 4.90 Å². The molecule has 1 unspecified atom stereocenters. The Morgan fingerprint density at radius 3 is 2.27 bits per heavy atom. The Labute approximate surface area is 130 Å². The number of nitrogens with zero attached hydrogens (tertiary/aromatic N) is 2. The van der Waals surface area contributed by atoms with Gasteiger partial charge in [0.2, 0.25) is 5.96 Å². The van der Waals surface area contributed by atoms with Gasteiger partial charge in [0.15, 0.2) is 0 Å². The molecule has 1 atom stereocenters. The van der Waals surface area contributed by atoms with E-state index in [9.17, 15) is 4.79 Å². The fraction of sp³-hybridized carbons (Fsp3) is 0.222. The molecule has 4 heteroatoms. The summed E-state index contributed by atoms with van der Waals surface area (Å²) in [5.41, 5.74) is 1.33. The standard InChI is InChI=1S/C18H19N3O/c1-18(13-14-9-5-3-6-10-14)16(22)20-17(21(18)2)19-15-11-7-4-8-12-15/h3-12H,13H2,1-2H3,(H,19,20,22). The van der Waals surface area contributed by atoms with E-state index >= 15 is 0 Å². The number of aliphatic imine (C=N–C) groups is 1. The van der Waals surface area contributed by atoms with Gasteiger partial charge in [0.25, 0.3) is 5.91 Å². The Morgan fingerprint density at radius 1 is 1.05 bits per heavy atom. The summed E-state index contributed by atoms with van der Waals surface area (Å²) in [5.74, 6) is 0.572. The van der Waals surface area contributed by atoms with E-state index in [-0.39, 0.29) is 5.91 Å². The molecular formula is C18H19N3O. The van der Waals surface area contributed by atoms with Crippen LogP contribution in [0.1, 0.15) is 12.5 Å². The van der Waals surface area contributed by atoms with E-state index in [1.807, 2.05) is 79.5 Å². The van der Waals surface area contributed by atoms with Crippen LogP contribution in [0, 0.1) is 0 Å². The molecule has 1 heterocycles. The molecule has 0 radical (unpaired) electrons. The maximum atomic E-state index is 12.5. The third-order valence-corrected chi connectivity index (χ3v) is 4.15. The Balaban J connectivity index is 1.88. The molecule has 0 spiro atoms. The maximum absolute atomic E-state index is 12.5. The highest BCUT2D eigenvalue weighted by atomic mass is 16.2. The molecule has 1 aliphatic rings. The van der Waals surface area contributed by atoms with Gasteiger partial charge in [-0.15, -0.1) is 0 Å². The molecule has 0 aromatic heterocycles. The van der Waals surface area contributed by atoms with E-state index < -0.39 is 5.54 Å². The molecule has 3 rings (SSSR count). The molecule has 0 aliphatic carbocycles. The highest BCUT2D eigenvalue weighted by molar-refractivity contribution is 6.09. The van der Waals surface area contributed by atoms with Crippen LogP contribution in [0.2, 0.25) is 0 Å². The van der Waals surface area contributed by atoms with Crippen molar-refractivity contribution in [2.75, 3.05) is 7.05 Å². The van der Waals surface area contributed by atoms with Gasteiger partial charge in [0, 0.05) is 13.5 Å². The quantitative estimate of drug-likeness (QED) is 0.945. The summed E-state index contributed by atoms with van der Waals surface area (Å²) in [7, 11) is 1.91. The topological polar surface area (TPSA) is 44.7 Å². The normalized spacial score (nSPS) is 22.9. The second kappa shape index (κ2) is 5.64. The van der Waals surface area contributed by atoms with Crippen molar-refractivity contribution in [2.24, 2.45) is 4.99 Å². The molecule has 1 saturated heterocycles. The van der Waals surface area contributed by atoms with E-state index in [2.05, 4.69) is 10.3 Å². The maximum Gasteiger partial charge on any atom is 0.252 e. The lowest BCUT2D eigenvalue weighted by Crippen LogP contribution is -2.46. The first kappa shape index (κ1) is 14.3. The van der Waals surface area contributed by atoms with Gasteiger partial charge in [-0.05, 0) is 24.6 Å². The predicted octanol–water partition coefficient (Wildman–Crippen LogP) is 2.74. The van der Waals surface area contributed by atoms with Crippen LogP contribution in [-0.2, 0) is 11.2 Å². The van der Waals surface area contributed by atoms with Crippen molar-refractivity contribution in [3.05, 3.63) is 66.2 Å². The van der Waals surface area contributed by atoms with E-state index in [0.717, 1.165) is 11.3 Å². The van der Waals surface area contributed by atoms with E-state index in [1.54, 1.807) is 0 Å². The largest absolute Gasteiger partial charge is 0.331 e. The number of hydrogen-bond acceptors (Lipinski definition) is 2. The van der Waals surface area contributed by atoms with Crippen LogP contribution in [-0.4, -0.2) is 29.4 Å². The number of likely N-dealkylation sites (N-methyl/N-ethyl adjacent to an activating group) is 1. The number of rotatable bonds is 3. The van der Waals surface area contributed by atoms with Gasteiger partial charge in [-0.25, -0.2) is 4.99 Å². The number of guanidine groups is 1. The molecule has 2 aromatic carbocycles. The Morgan fingerprint density at radius 2 is 1.64 bits per heavy atom. The molecule has 0 saturated carbocycles. The Hall–Kier alpha value is -2.62. The van der Waals surface area contributed by atoms with Gasteiger partial charge in [0.1, 0.15) is 5.54 Å². The number of benzene rings is 2. The molecule has 112 valence electrons. The molecule has 0 bridgehead atoms. The minimum Gasteiger partial charge on any atom is -0.331 e. The summed E-state index contributed by atoms with van der Waals surface area (Å²) in [6.45, 7) is 1.95. The van der Waals surface area contributed by atoms with Crippen LogP contribution in [0.3, 0.4) is 0 Å². The summed E-state index contributed by atoms with van der Waals surface area (Å²) >= 11 is 0. The van der Waals surface area contributed by atoms with Crippen molar-refractivity contribution in [3.8, 4) is 0 Å². The minimum absolute atomic E-state index is 0.0199. The SMILES string of the molecule is CN1C(=Nc2ccccc2)NC(=O)C1(C)Cc1ccccc1. The van der Waals surface area contributed by atoms with Gasteiger partial charge in [-0.2, -0.15) is 0 Å². The van der Waals surface area contributed by atoms with E-state index in [4.69, 9.17) is 0 Å². The van der Waals surface area contributed by atoms with Gasteiger partial charge >= 0.3 is 0 Å². The van der Waals surface area contributed by atoms with Gasteiger partial charge in [-0.1, -0.05) is 48.5 Å². The summed E-state index contributed by atoms with van der Waals surface area (Å²) in [6.07, 6.45) is 0.643. The lowest BCUT2D eigenvalue weighted by Gasteiger charge is -2.29. The lowest BCUT2D eigenvalue weighted by molar-refractivity contribution is -0.125. The second-order valence-corrected chi connectivity index (χ2v) is 5.72. The fourth-order valence-corrected chi connectivity index (χ4v) is 2.63. The Bertz CT molecular complexity index is 697. The minimum atomic E-state index is -0.630. The summed E-state index contributed by atoms with van der Waals surface area (Å²) in [4.78, 5) is 18.9. The van der Waals surface area contributed by atoms with Crippen LogP contribution in [0.4, 0.5) is 5.69 Å². The zero-order valence-corrected chi connectivity index (χ0v) is 12.8. The monoisotopic (exact) mass is 293 g/mol. The second-order valence-electron chi connectivity index (χ2n) is 5.72. The average Bonchev–Trinajstić information content (AvgIpc) is 2.74. The number of para-hydroxylation sites is 1. The summed E-state index contributed by atoms with van der Waals surface area (Å²) < 4.78 is 0. The predicted molar refractivity (Wildman–Crippen MR) is 88.0 cm³/mol. The molecule has 1 N–H and O–H groups in total. The van der Waals surface area contributed by atoms with Crippen LogP contribution < -0.4 is 5.32 Å². The highest BCUT2D eigenvalue weighted by Crippen LogP contribution is 2.26. The average molecular weight is 293 g/mol. The number of carbonyl (C=O) groups is 1. The molecule has 1 fully saturated rings. The molecule has 1 amide bonds. The number of nitrogens with one attached hydrogen (secondary N) is 1. The number of amides is 1. The first-order valence-electron chi connectivity index (χ1n) is 7.32. The zero-order valence-electron chi connectivity index (χ0n) is 12.8. The van der Waals surface area contributed by atoms with Crippen LogP contribution in [0.5, 0.6) is 0 Å². The van der Waals surface area contributed by atoms with Gasteiger partial charge in [0.05, 0.1) is 5.69 Å². The molecule has 4 nitrogen and oxygen atoms in total. The van der Waals surface area contributed by atoms with E-state index in [1.165, 1.54) is 0 Å². The van der Waals surface area contributed by atoms with Crippen molar-refractivity contribution in [1.29, 1.82) is 0 Å². The van der Waals surface area contributed by atoms with Crippen molar-refractivity contribution in [3.63, 3.8) is 0 Å². The fourth-order valence-electron chi connectivity index (χ4n) is 2.63. The van der Waals surface area contributed by atoms with Crippen LogP contribution in [0.15, 0.2) is 65.7 Å². The van der Waals surface area contributed by atoms with Crippen LogP contribution >= 0.6 is 0 Å². The smallest absolute Gasteiger partial charge is 0.252 e. The first-order valence-corrected chi connectivity index (χ1v) is 7.32. The molecule has 2 aromatic rings. The van der Waals surface area contributed by atoms with Gasteiger partial charge in [-0.3, -0.25) is 10.1 Å². The van der Waals surface area contributed by atoms with Crippen molar-refractivity contribution >= 4 is 17.6 Å². The third-order valence-electron chi connectivity index (χ3n) is 4.15. The highest BCUT2D eigenvalue weighted by Gasteiger charge is 2.45. The number of hydrogen-bond donors (Lipinski definition) is 1. The molecule has 1 aliphatic heterocycles. The summed E-state index contributed by atoms with van der Waals surface area (Å²) in [5, 5.41) is 2.90. The number of carbonyl (C=O) groups excluding carboxylic acids is 1. The molecular weight excluding hydrogens is 274 g/mol. The third kappa shape index (κ3) is 2.60. The van der Waals surface area contributed by atoms with Crippen molar-refractivity contribution in [1.82, 2.24) is 10.2 Å².